The Kier molecular flexibility index (Phi) is 2.09. The second-order valence-corrected chi connectivity index (χ2v) is 3.33. The van der Waals surface area contributed by atoms with E-state index in [2.05, 4.69) is 10.2 Å². The van der Waals surface area contributed by atoms with Gasteiger partial charge in [0.25, 0.3) is 0 Å². The van der Waals surface area contributed by atoms with E-state index in [1.165, 1.54) is 4.88 Å². The molecule has 4 heteroatoms. The lowest BCUT2D eigenvalue weighted by Gasteiger charge is -1.98. The Morgan fingerprint density at radius 1 is 1.58 bits per heavy atom. The number of nitrogens with zero attached hydrogens (tertiary/aromatic N) is 1. The second-order valence-electron chi connectivity index (χ2n) is 2.30. The van der Waals surface area contributed by atoms with E-state index in [1.807, 2.05) is 17.5 Å². The molecule has 0 saturated heterocycles. The monoisotopic (exact) mass is 180 g/mol. The molecule has 12 heavy (non-hydrogen) atoms. The van der Waals surface area contributed by atoms with Crippen LogP contribution in [0.3, 0.4) is 0 Å². The molecule has 2 rings (SSSR count). The van der Waals surface area contributed by atoms with Crippen LogP contribution < -0.4 is 4.74 Å². The Morgan fingerprint density at radius 3 is 3.25 bits per heavy atom. The first-order valence-corrected chi connectivity index (χ1v) is 4.47. The molecule has 62 valence electrons. The number of aromatic amines is 1. The Bertz CT molecular complexity index is 280. The van der Waals surface area contributed by atoms with Crippen molar-refractivity contribution in [2.24, 2.45) is 0 Å². The zero-order chi connectivity index (χ0) is 8.23. The highest BCUT2D eigenvalue weighted by atomic mass is 32.1. The minimum absolute atomic E-state index is 0.622. The summed E-state index contributed by atoms with van der Waals surface area (Å²) in [6, 6.07) is 4.06. The summed E-state index contributed by atoms with van der Waals surface area (Å²) in [6.07, 6.45) is 3.39. The van der Waals surface area contributed by atoms with Crippen LogP contribution in [-0.4, -0.2) is 10.2 Å². The summed E-state index contributed by atoms with van der Waals surface area (Å²) in [5, 5.41) is 8.50. The average molecular weight is 180 g/mol. The largest absolute Gasteiger partial charge is 0.485 e. The molecule has 2 heterocycles. The van der Waals surface area contributed by atoms with Gasteiger partial charge in [0.15, 0.2) is 5.75 Å². The van der Waals surface area contributed by atoms with Gasteiger partial charge in [0.05, 0.1) is 12.4 Å². The molecule has 0 fully saturated rings. The maximum atomic E-state index is 5.41. The van der Waals surface area contributed by atoms with E-state index in [9.17, 15) is 0 Å². The minimum Gasteiger partial charge on any atom is -0.485 e. The van der Waals surface area contributed by atoms with Crippen molar-refractivity contribution in [2.75, 3.05) is 0 Å². The van der Waals surface area contributed by atoms with Crippen molar-refractivity contribution in [2.45, 2.75) is 6.61 Å². The number of thiophene rings is 1. The molecule has 0 unspecified atom stereocenters. The van der Waals surface area contributed by atoms with E-state index >= 15 is 0 Å². The smallest absolute Gasteiger partial charge is 0.157 e. The van der Waals surface area contributed by atoms with Crippen molar-refractivity contribution in [3.63, 3.8) is 0 Å². The van der Waals surface area contributed by atoms with E-state index in [4.69, 9.17) is 4.74 Å². The number of rotatable bonds is 3. The molecule has 0 aliphatic rings. The third kappa shape index (κ3) is 1.65. The first kappa shape index (κ1) is 7.36. The molecule has 0 amide bonds. The Labute approximate surface area is 74.0 Å². The lowest BCUT2D eigenvalue weighted by molar-refractivity contribution is 0.310. The van der Waals surface area contributed by atoms with Crippen molar-refractivity contribution < 1.29 is 4.74 Å². The number of ether oxygens (including phenoxy) is 1. The van der Waals surface area contributed by atoms with Crippen LogP contribution >= 0.6 is 11.3 Å². The quantitative estimate of drug-likeness (QED) is 0.785. The predicted octanol–water partition coefficient (Wildman–Crippen LogP) is 2.05. The molecule has 2 aromatic heterocycles. The SMILES string of the molecule is c1csc(COc2cn[nH]c2)c1. The molecule has 0 bridgehead atoms. The zero-order valence-electron chi connectivity index (χ0n) is 6.36. The molecular weight excluding hydrogens is 172 g/mol. The predicted molar refractivity (Wildman–Crippen MR) is 47.2 cm³/mol. The Morgan fingerprint density at radius 2 is 2.58 bits per heavy atom. The summed E-state index contributed by atoms with van der Waals surface area (Å²) in [5.74, 6) is 0.781. The van der Waals surface area contributed by atoms with Gasteiger partial charge in [-0.2, -0.15) is 5.10 Å². The minimum atomic E-state index is 0.622. The molecule has 0 aliphatic heterocycles. The second kappa shape index (κ2) is 3.40. The summed E-state index contributed by atoms with van der Waals surface area (Å²) in [7, 11) is 0. The molecule has 0 spiro atoms. The maximum Gasteiger partial charge on any atom is 0.157 e. The third-order valence-corrected chi connectivity index (χ3v) is 2.28. The van der Waals surface area contributed by atoms with Gasteiger partial charge in [0, 0.05) is 4.88 Å². The van der Waals surface area contributed by atoms with Crippen LogP contribution in [0.1, 0.15) is 4.88 Å². The number of aromatic nitrogens is 2. The van der Waals surface area contributed by atoms with E-state index < -0.39 is 0 Å². The van der Waals surface area contributed by atoms with E-state index in [1.54, 1.807) is 23.7 Å². The zero-order valence-corrected chi connectivity index (χ0v) is 7.17. The van der Waals surface area contributed by atoms with Crippen LogP contribution in [0, 0.1) is 0 Å². The van der Waals surface area contributed by atoms with Crippen molar-refractivity contribution in [3.8, 4) is 5.75 Å². The van der Waals surface area contributed by atoms with Gasteiger partial charge < -0.3 is 4.74 Å². The van der Waals surface area contributed by atoms with Crippen LogP contribution in [0.4, 0.5) is 0 Å². The number of hydrogen-bond acceptors (Lipinski definition) is 3. The van der Waals surface area contributed by atoms with Gasteiger partial charge in [-0.3, -0.25) is 5.10 Å². The standard InChI is InChI=1S/C8H8N2OS/c1-2-8(12-3-1)6-11-7-4-9-10-5-7/h1-5H,6H2,(H,9,10). The summed E-state index contributed by atoms with van der Waals surface area (Å²) in [4.78, 5) is 1.22. The highest BCUT2D eigenvalue weighted by Gasteiger charge is 1.95. The first-order chi connectivity index (χ1) is 5.95. The van der Waals surface area contributed by atoms with Crippen molar-refractivity contribution in [3.05, 3.63) is 34.8 Å². The number of H-pyrrole nitrogens is 1. The molecular formula is C8H8N2OS. The van der Waals surface area contributed by atoms with Crippen LogP contribution in [0.5, 0.6) is 5.75 Å². The summed E-state index contributed by atoms with van der Waals surface area (Å²) in [6.45, 7) is 0.622. The first-order valence-electron chi connectivity index (χ1n) is 3.59. The molecule has 0 saturated carbocycles. The molecule has 0 aromatic carbocycles. The molecule has 0 aliphatic carbocycles. The van der Waals surface area contributed by atoms with Gasteiger partial charge in [-0.25, -0.2) is 0 Å². The van der Waals surface area contributed by atoms with Crippen molar-refractivity contribution in [1.29, 1.82) is 0 Å². The lowest BCUT2D eigenvalue weighted by atomic mass is 10.5. The Hall–Kier alpha value is -1.29. The van der Waals surface area contributed by atoms with Crippen LogP contribution in [-0.2, 0) is 6.61 Å². The van der Waals surface area contributed by atoms with Gasteiger partial charge in [-0.1, -0.05) is 6.07 Å². The fraction of sp³-hybridized carbons (Fsp3) is 0.125. The van der Waals surface area contributed by atoms with Crippen LogP contribution in [0.25, 0.3) is 0 Å². The molecule has 3 nitrogen and oxygen atoms in total. The number of hydrogen-bond donors (Lipinski definition) is 1. The van der Waals surface area contributed by atoms with Gasteiger partial charge in [-0.15, -0.1) is 11.3 Å². The summed E-state index contributed by atoms with van der Waals surface area (Å²) in [5.41, 5.74) is 0. The molecule has 2 aromatic rings. The lowest BCUT2D eigenvalue weighted by Crippen LogP contribution is -1.90. The maximum absolute atomic E-state index is 5.41. The van der Waals surface area contributed by atoms with Crippen LogP contribution in [0.15, 0.2) is 29.9 Å². The number of nitrogens with one attached hydrogen (secondary N) is 1. The van der Waals surface area contributed by atoms with Crippen LogP contribution in [0.2, 0.25) is 0 Å². The summed E-state index contributed by atoms with van der Waals surface area (Å²) < 4.78 is 5.41. The van der Waals surface area contributed by atoms with Gasteiger partial charge in [0.1, 0.15) is 6.61 Å². The van der Waals surface area contributed by atoms with Crippen molar-refractivity contribution in [1.82, 2.24) is 10.2 Å². The van der Waals surface area contributed by atoms with E-state index in [0.717, 1.165) is 5.75 Å². The van der Waals surface area contributed by atoms with E-state index in [0.29, 0.717) is 6.61 Å². The summed E-state index contributed by atoms with van der Waals surface area (Å²) >= 11 is 1.69. The van der Waals surface area contributed by atoms with Gasteiger partial charge >= 0.3 is 0 Å². The third-order valence-electron chi connectivity index (χ3n) is 1.43. The highest BCUT2D eigenvalue weighted by molar-refractivity contribution is 7.09. The molecule has 1 N–H and O–H groups in total. The van der Waals surface area contributed by atoms with Crippen molar-refractivity contribution >= 4 is 11.3 Å². The average Bonchev–Trinajstić information content (AvgIpc) is 2.74. The fourth-order valence-electron chi connectivity index (χ4n) is 0.867. The van der Waals surface area contributed by atoms with E-state index in [-0.39, 0.29) is 0 Å². The Balaban J connectivity index is 1.91. The highest BCUT2D eigenvalue weighted by Crippen LogP contribution is 2.12. The van der Waals surface area contributed by atoms with Gasteiger partial charge in [-0.05, 0) is 11.4 Å². The fourth-order valence-corrected chi connectivity index (χ4v) is 1.48. The molecule has 0 radical (unpaired) electrons. The molecule has 0 atom stereocenters. The normalized spacial score (nSPS) is 10.0. The van der Waals surface area contributed by atoms with Gasteiger partial charge in [0.2, 0.25) is 0 Å². The topological polar surface area (TPSA) is 37.9 Å².